The van der Waals surface area contributed by atoms with Gasteiger partial charge in [-0.1, -0.05) is 36.9 Å². The highest BCUT2D eigenvalue weighted by atomic mass is 32.2. The molecule has 0 N–H and O–H groups in total. The molecule has 0 radical (unpaired) electrons. The standard InChI is InChI=1S/C11H13NO3S/c1-2-16(14,15)12(8-9-13)10-11-6-4-3-5-7-11/h2-7,9H,1,8,10H2. The van der Waals surface area contributed by atoms with Gasteiger partial charge >= 0.3 is 0 Å². The van der Waals surface area contributed by atoms with Crippen LogP contribution in [0.15, 0.2) is 42.3 Å². The van der Waals surface area contributed by atoms with Gasteiger partial charge in [0.15, 0.2) is 0 Å². The van der Waals surface area contributed by atoms with Crippen LogP contribution in [0, 0.1) is 0 Å². The average molecular weight is 239 g/mol. The van der Waals surface area contributed by atoms with E-state index in [4.69, 9.17) is 0 Å². The predicted molar refractivity (Wildman–Crippen MR) is 62.0 cm³/mol. The van der Waals surface area contributed by atoms with Crippen molar-refractivity contribution in [3.63, 3.8) is 0 Å². The molecule has 5 heteroatoms. The van der Waals surface area contributed by atoms with Crippen LogP contribution in [0.3, 0.4) is 0 Å². The second-order valence-corrected chi connectivity index (χ2v) is 5.04. The summed E-state index contributed by atoms with van der Waals surface area (Å²) in [5.41, 5.74) is 0.828. The molecule has 4 nitrogen and oxygen atoms in total. The van der Waals surface area contributed by atoms with Crippen LogP contribution in [0.25, 0.3) is 0 Å². The summed E-state index contributed by atoms with van der Waals surface area (Å²) in [6, 6.07) is 9.08. The minimum absolute atomic E-state index is 0.163. The number of sulfonamides is 1. The van der Waals surface area contributed by atoms with Crippen LogP contribution >= 0.6 is 0 Å². The number of aldehydes is 1. The number of benzene rings is 1. The Bertz CT molecular complexity index is 453. The fourth-order valence-corrected chi connectivity index (χ4v) is 2.04. The van der Waals surface area contributed by atoms with E-state index in [0.29, 0.717) is 6.29 Å². The van der Waals surface area contributed by atoms with Crippen molar-refractivity contribution >= 4 is 16.3 Å². The molecule has 0 heterocycles. The molecule has 0 unspecified atom stereocenters. The zero-order chi connectivity index (χ0) is 12.0. The van der Waals surface area contributed by atoms with Crippen molar-refractivity contribution < 1.29 is 13.2 Å². The number of carbonyl (C=O) groups excluding carboxylic acids is 1. The Balaban J connectivity index is 2.89. The van der Waals surface area contributed by atoms with Gasteiger partial charge in [-0.15, -0.1) is 0 Å². The van der Waals surface area contributed by atoms with Gasteiger partial charge in [-0.2, -0.15) is 4.31 Å². The maximum atomic E-state index is 11.5. The Labute approximate surface area is 95.2 Å². The Kier molecular flexibility index (Phi) is 4.39. The second kappa shape index (κ2) is 5.58. The van der Waals surface area contributed by atoms with Gasteiger partial charge in [0.05, 0.1) is 6.54 Å². The number of hydrogen-bond donors (Lipinski definition) is 0. The number of nitrogens with zero attached hydrogens (tertiary/aromatic N) is 1. The highest BCUT2D eigenvalue weighted by Gasteiger charge is 2.17. The van der Waals surface area contributed by atoms with E-state index in [9.17, 15) is 13.2 Å². The van der Waals surface area contributed by atoms with Gasteiger partial charge in [0.1, 0.15) is 6.29 Å². The lowest BCUT2D eigenvalue weighted by Gasteiger charge is -2.17. The highest BCUT2D eigenvalue weighted by molar-refractivity contribution is 7.92. The van der Waals surface area contributed by atoms with Crippen molar-refractivity contribution in [2.24, 2.45) is 0 Å². The fourth-order valence-electron chi connectivity index (χ4n) is 1.23. The fraction of sp³-hybridized carbons (Fsp3) is 0.182. The van der Waals surface area contributed by atoms with Gasteiger partial charge in [-0.25, -0.2) is 8.42 Å². The summed E-state index contributed by atoms with van der Waals surface area (Å²) in [6.45, 7) is 3.24. The summed E-state index contributed by atoms with van der Waals surface area (Å²) >= 11 is 0. The molecule has 0 saturated carbocycles. The summed E-state index contributed by atoms with van der Waals surface area (Å²) in [4.78, 5) is 10.4. The first-order valence-electron chi connectivity index (χ1n) is 4.70. The minimum Gasteiger partial charge on any atom is -0.302 e. The molecule has 86 valence electrons. The predicted octanol–water partition coefficient (Wildman–Crippen LogP) is 1.16. The normalized spacial score (nSPS) is 11.3. The van der Waals surface area contributed by atoms with Gasteiger partial charge in [0, 0.05) is 12.0 Å². The molecule has 1 rings (SSSR count). The van der Waals surface area contributed by atoms with E-state index in [-0.39, 0.29) is 13.1 Å². The lowest BCUT2D eigenvalue weighted by molar-refractivity contribution is -0.108. The van der Waals surface area contributed by atoms with Crippen LogP contribution in [0.4, 0.5) is 0 Å². The molecule has 0 aromatic heterocycles. The first-order valence-corrected chi connectivity index (χ1v) is 6.20. The minimum atomic E-state index is -3.55. The molecule has 0 bridgehead atoms. The molecular weight excluding hydrogens is 226 g/mol. The van der Waals surface area contributed by atoms with E-state index in [0.717, 1.165) is 15.3 Å². The van der Waals surface area contributed by atoms with Gasteiger partial charge in [0.2, 0.25) is 10.0 Å². The van der Waals surface area contributed by atoms with Crippen molar-refractivity contribution in [3.05, 3.63) is 47.9 Å². The average Bonchev–Trinajstić information content (AvgIpc) is 2.30. The van der Waals surface area contributed by atoms with Gasteiger partial charge in [0.25, 0.3) is 0 Å². The monoisotopic (exact) mass is 239 g/mol. The van der Waals surface area contributed by atoms with Crippen molar-refractivity contribution in [1.29, 1.82) is 0 Å². The molecule has 0 aliphatic heterocycles. The van der Waals surface area contributed by atoms with Gasteiger partial charge < -0.3 is 4.79 Å². The molecule has 0 amide bonds. The molecular formula is C11H13NO3S. The maximum absolute atomic E-state index is 11.5. The zero-order valence-corrected chi connectivity index (χ0v) is 9.56. The van der Waals surface area contributed by atoms with Crippen LogP contribution in [0.2, 0.25) is 0 Å². The number of hydrogen-bond acceptors (Lipinski definition) is 3. The molecule has 16 heavy (non-hydrogen) atoms. The third-order valence-electron chi connectivity index (χ3n) is 2.05. The van der Waals surface area contributed by atoms with E-state index in [1.807, 2.05) is 18.2 Å². The van der Waals surface area contributed by atoms with Crippen molar-refractivity contribution in [1.82, 2.24) is 4.31 Å². The maximum Gasteiger partial charge on any atom is 0.236 e. The van der Waals surface area contributed by atoms with Crippen LogP contribution in [0.1, 0.15) is 5.56 Å². The molecule has 1 aromatic rings. The van der Waals surface area contributed by atoms with Crippen LogP contribution in [-0.4, -0.2) is 25.6 Å². The molecule has 0 atom stereocenters. The Morgan fingerprint density at radius 2 is 1.88 bits per heavy atom. The topological polar surface area (TPSA) is 54.5 Å². The van der Waals surface area contributed by atoms with Gasteiger partial charge in [-0.3, -0.25) is 0 Å². The van der Waals surface area contributed by atoms with Gasteiger partial charge in [-0.05, 0) is 5.56 Å². The summed E-state index contributed by atoms with van der Waals surface area (Å²) in [6.07, 6.45) is 0.560. The SMILES string of the molecule is C=CS(=O)(=O)N(CC=O)Cc1ccccc1. The highest BCUT2D eigenvalue weighted by Crippen LogP contribution is 2.09. The van der Waals surface area contributed by atoms with E-state index >= 15 is 0 Å². The van der Waals surface area contributed by atoms with E-state index in [1.54, 1.807) is 12.1 Å². The molecule has 0 spiro atoms. The van der Waals surface area contributed by atoms with E-state index in [1.165, 1.54) is 0 Å². The van der Waals surface area contributed by atoms with Crippen LogP contribution in [0.5, 0.6) is 0 Å². The van der Waals surface area contributed by atoms with E-state index < -0.39 is 10.0 Å². The first kappa shape index (κ1) is 12.6. The summed E-state index contributed by atoms with van der Waals surface area (Å²) < 4.78 is 24.2. The molecule has 0 fully saturated rings. The first-order chi connectivity index (χ1) is 7.60. The Morgan fingerprint density at radius 1 is 1.25 bits per heavy atom. The number of carbonyl (C=O) groups is 1. The van der Waals surface area contributed by atoms with E-state index in [2.05, 4.69) is 6.58 Å². The Hall–Kier alpha value is -1.46. The van der Waals surface area contributed by atoms with Crippen molar-refractivity contribution in [2.45, 2.75) is 6.54 Å². The quantitative estimate of drug-likeness (QED) is 0.700. The molecule has 0 aliphatic carbocycles. The summed E-state index contributed by atoms with van der Waals surface area (Å²) in [5.74, 6) is 0. The van der Waals surface area contributed by atoms with Crippen molar-refractivity contribution in [3.8, 4) is 0 Å². The lowest BCUT2D eigenvalue weighted by Crippen LogP contribution is -2.30. The second-order valence-electron chi connectivity index (χ2n) is 3.16. The van der Waals surface area contributed by atoms with Crippen LogP contribution in [-0.2, 0) is 21.4 Å². The smallest absolute Gasteiger partial charge is 0.236 e. The molecule has 0 aliphatic rings. The number of rotatable bonds is 6. The third kappa shape index (κ3) is 3.29. The summed E-state index contributed by atoms with van der Waals surface area (Å²) in [5, 5.41) is 0.847. The van der Waals surface area contributed by atoms with Crippen molar-refractivity contribution in [2.75, 3.05) is 6.54 Å². The molecule has 0 saturated heterocycles. The zero-order valence-electron chi connectivity index (χ0n) is 8.74. The Morgan fingerprint density at radius 3 is 2.38 bits per heavy atom. The lowest BCUT2D eigenvalue weighted by atomic mass is 10.2. The molecule has 1 aromatic carbocycles. The third-order valence-corrected chi connectivity index (χ3v) is 3.47. The summed E-state index contributed by atoms with van der Waals surface area (Å²) in [7, 11) is -3.55. The van der Waals surface area contributed by atoms with Crippen LogP contribution < -0.4 is 0 Å². The largest absolute Gasteiger partial charge is 0.302 e.